The number of amides is 1. The van der Waals surface area contributed by atoms with Gasteiger partial charge >= 0.3 is 12.1 Å². The number of esters is 1. The summed E-state index contributed by atoms with van der Waals surface area (Å²) >= 11 is 0. The minimum Gasteiger partial charge on any atom is -0.425 e. The molecule has 0 aliphatic rings. The summed E-state index contributed by atoms with van der Waals surface area (Å²) in [7, 11) is 0. The van der Waals surface area contributed by atoms with Crippen LogP contribution in [0.1, 0.15) is 52.9 Å². The number of rotatable bonds is 11. The van der Waals surface area contributed by atoms with Crippen molar-refractivity contribution >= 4 is 12.1 Å². The van der Waals surface area contributed by atoms with Crippen molar-refractivity contribution in [2.24, 2.45) is 0 Å². The normalized spacial score (nSPS) is 11.8. The lowest BCUT2D eigenvalue weighted by molar-refractivity contribution is -0.164. The van der Waals surface area contributed by atoms with Crippen LogP contribution in [0.15, 0.2) is 0 Å². The average Bonchev–Trinajstić information content (AvgIpc) is 2.41. The molecule has 0 spiro atoms. The van der Waals surface area contributed by atoms with Gasteiger partial charge in [-0.2, -0.15) is 0 Å². The van der Waals surface area contributed by atoms with E-state index < -0.39 is 12.4 Å². The standard InChI is InChI=1S/C14H28N2O4/c1-4-9-15-10-7-6-8-11-16-14(18)20-12(3)19-13(17)5-2/h12,15H,4-11H2,1-3H3,(H,16,18)/t12-/m0/s1. The molecule has 0 aromatic rings. The van der Waals surface area contributed by atoms with Gasteiger partial charge < -0.3 is 20.1 Å². The Bertz CT molecular complexity index is 272. The highest BCUT2D eigenvalue weighted by Crippen LogP contribution is 1.98. The number of alkyl carbamates (subject to hydrolysis) is 1. The van der Waals surface area contributed by atoms with Crippen molar-refractivity contribution in [1.82, 2.24) is 10.6 Å². The molecule has 1 amide bonds. The van der Waals surface area contributed by atoms with E-state index in [0.717, 1.165) is 38.8 Å². The second kappa shape index (κ2) is 12.7. The second-order valence-electron chi connectivity index (χ2n) is 4.55. The van der Waals surface area contributed by atoms with Crippen LogP contribution in [0, 0.1) is 0 Å². The van der Waals surface area contributed by atoms with Gasteiger partial charge in [-0.3, -0.25) is 4.79 Å². The van der Waals surface area contributed by atoms with Crippen LogP contribution in [0.5, 0.6) is 0 Å². The fourth-order valence-electron chi connectivity index (χ4n) is 1.53. The topological polar surface area (TPSA) is 76.7 Å². The molecule has 2 N–H and O–H groups in total. The van der Waals surface area contributed by atoms with E-state index in [1.54, 1.807) is 6.92 Å². The molecule has 0 rings (SSSR count). The molecule has 0 aliphatic heterocycles. The van der Waals surface area contributed by atoms with Crippen molar-refractivity contribution in [3.8, 4) is 0 Å². The number of hydrogen-bond donors (Lipinski definition) is 2. The maximum Gasteiger partial charge on any atom is 0.410 e. The number of hydrogen-bond acceptors (Lipinski definition) is 5. The first-order valence-corrected chi connectivity index (χ1v) is 7.44. The van der Waals surface area contributed by atoms with E-state index in [1.165, 1.54) is 6.92 Å². The number of carbonyl (C=O) groups is 2. The van der Waals surface area contributed by atoms with Gasteiger partial charge in [-0.1, -0.05) is 20.3 Å². The molecule has 0 fully saturated rings. The van der Waals surface area contributed by atoms with E-state index in [1.807, 2.05) is 0 Å². The monoisotopic (exact) mass is 288 g/mol. The summed E-state index contributed by atoms with van der Waals surface area (Å²) in [5.41, 5.74) is 0. The van der Waals surface area contributed by atoms with Gasteiger partial charge in [0.05, 0.1) is 0 Å². The van der Waals surface area contributed by atoms with Crippen LogP contribution in [0.3, 0.4) is 0 Å². The molecule has 0 saturated carbocycles. The Morgan fingerprint density at radius 1 is 1.00 bits per heavy atom. The molecular formula is C14H28N2O4. The molecule has 6 heteroatoms. The molecule has 0 unspecified atom stereocenters. The second-order valence-corrected chi connectivity index (χ2v) is 4.55. The lowest BCUT2D eigenvalue weighted by Gasteiger charge is -2.14. The zero-order valence-corrected chi connectivity index (χ0v) is 12.9. The largest absolute Gasteiger partial charge is 0.425 e. The quantitative estimate of drug-likeness (QED) is 0.346. The lowest BCUT2D eigenvalue weighted by Crippen LogP contribution is -2.30. The van der Waals surface area contributed by atoms with Crippen LogP contribution < -0.4 is 10.6 Å². The minimum atomic E-state index is -0.847. The van der Waals surface area contributed by atoms with E-state index >= 15 is 0 Å². The highest BCUT2D eigenvalue weighted by Gasteiger charge is 2.11. The van der Waals surface area contributed by atoms with Crippen molar-refractivity contribution in [2.45, 2.75) is 59.2 Å². The summed E-state index contributed by atoms with van der Waals surface area (Å²) in [5.74, 6) is -0.384. The molecule has 0 heterocycles. The Balaban J connectivity index is 3.42. The van der Waals surface area contributed by atoms with Gasteiger partial charge in [0.1, 0.15) is 0 Å². The fourth-order valence-corrected chi connectivity index (χ4v) is 1.53. The maximum absolute atomic E-state index is 11.4. The first kappa shape index (κ1) is 18.7. The molecule has 0 aromatic carbocycles. The number of carbonyl (C=O) groups excluding carboxylic acids is 2. The Labute approximate surface area is 121 Å². The summed E-state index contributed by atoms with van der Waals surface area (Å²) in [4.78, 5) is 22.3. The fraction of sp³-hybridized carbons (Fsp3) is 0.857. The SMILES string of the molecule is CCCNCCCCCNC(=O)O[C@@H](C)OC(=O)CC. The lowest BCUT2D eigenvalue weighted by atomic mass is 10.2. The summed E-state index contributed by atoms with van der Waals surface area (Å²) in [6.07, 6.45) is 3.08. The average molecular weight is 288 g/mol. The van der Waals surface area contributed by atoms with Crippen LogP contribution >= 0.6 is 0 Å². The Morgan fingerprint density at radius 3 is 2.35 bits per heavy atom. The summed E-state index contributed by atoms with van der Waals surface area (Å²) in [6, 6.07) is 0. The Hall–Kier alpha value is -1.30. The molecule has 0 bridgehead atoms. The molecule has 118 valence electrons. The highest BCUT2D eigenvalue weighted by atomic mass is 16.7. The smallest absolute Gasteiger partial charge is 0.410 e. The van der Waals surface area contributed by atoms with Crippen molar-refractivity contribution in [3.05, 3.63) is 0 Å². The minimum absolute atomic E-state index is 0.265. The van der Waals surface area contributed by atoms with Gasteiger partial charge in [-0.15, -0.1) is 0 Å². The van der Waals surface area contributed by atoms with Crippen molar-refractivity contribution in [1.29, 1.82) is 0 Å². The molecule has 0 radical (unpaired) electrons. The zero-order valence-electron chi connectivity index (χ0n) is 12.9. The molecular weight excluding hydrogens is 260 g/mol. The van der Waals surface area contributed by atoms with Crippen molar-refractivity contribution in [3.63, 3.8) is 0 Å². The van der Waals surface area contributed by atoms with Crippen LogP contribution in [-0.4, -0.2) is 38.0 Å². The highest BCUT2D eigenvalue weighted by molar-refractivity contribution is 5.70. The third-order valence-electron chi connectivity index (χ3n) is 2.59. The third kappa shape index (κ3) is 11.8. The molecule has 1 atom stereocenters. The number of ether oxygens (including phenoxy) is 2. The first-order chi connectivity index (χ1) is 9.60. The predicted octanol–water partition coefficient (Wildman–Crippen LogP) is 2.18. The molecule has 0 saturated heterocycles. The van der Waals surface area contributed by atoms with Crippen LogP contribution in [0.4, 0.5) is 4.79 Å². The first-order valence-electron chi connectivity index (χ1n) is 7.44. The van der Waals surface area contributed by atoms with Crippen LogP contribution in [0.25, 0.3) is 0 Å². The summed E-state index contributed by atoms with van der Waals surface area (Å²) in [5, 5.41) is 5.96. The van der Waals surface area contributed by atoms with Gasteiger partial charge in [0.25, 0.3) is 0 Å². The van der Waals surface area contributed by atoms with Gasteiger partial charge in [0.15, 0.2) is 0 Å². The van der Waals surface area contributed by atoms with E-state index in [4.69, 9.17) is 9.47 Å². The number of nitrogens with one attached hydrogen (secondary N) is 2. The van der Waals surface area contributed by atoms with Gasteiger partial charge in [-0.25, -0.2) is 4.79 Å². The van der Waals surface area contributed by atoms with Crippen molar-refractivity contribution in [2.75, 3.05) is 19.6 Å². The summed E-state index contributed by atoms with van der Waals surface area (Å²) in [6.45, 7) is 7.99. The molecule has 0 aliphatic carbocycles. The maximum atomic E-state index is 11.4. The molecule has 20 heavy (non-hydrogen) atoms. The van der Waals surface area contributed by atoms with Gasteiger partial charge in [0.2, 0.25) is 6.29 Å². The zero-order chi connectivity index (χ0) is 15.2. The Morgan fingerprint density at radius 2 is 1.70 bits per heavy atom. The summed E-state index contributed by atoms with van der Waals surface area (Å²) < 4.78 is 9.70. The van der Waals surface area contributed by atoms with Gasteiger partial charge in [-0.05, 0) is 32.4 Å². The number of unbranched alkanes of at least 4 members (excludes halogenated alkanes) is 2. The van der Waals surface area contributed by atoms with E-state index in [0.29, 0.717) is 6.54 Å². The van der Waals surface area contributed by atoms with Crippen LogP contribution in [-0.2, 0) is 14.3 Å². The van der Waals surface area contributed by atoms with E-state index in [-0.39, 0.29) is 12.4 Å². The third-order valence-corrected chi connectivity index (χ3v) is 2.59. The van der Waals surface area contributed by atoms with E-state index in [9.17, 15) is 9.59 Å². The van der Waals surface area contributed by atoms with Crippen molar-refractivity contribution < 1.29 is 19.1 Å². The molecule has 6 nitrogen and oxygen atoms in total. The van der Waals surface area contributed by atoms with E-state index in [2.05, 4.69) is 17.6 Å². The van der Waals surface area contributed by atoms with Crippen LogP contribution in [0.2, 0.25) is 0 Å². The predicted molar refractivity (Wildman–Crippen MR) is 77.3 cm³/mol. The Kier molecular flexibility index (Phi) is 11.9. The molecule has 0 aromatic heterocycles. The van der Waals surface area contributed by atoms with Gasteiger partial charge in [0, 0.05) is 19.9 Å².